The van der Waals surface area contributed by atoms with Crippen molar-refractivity contribution in [3.8, 4) is 10.7 Å². The molecule has 0 saturated carbocycles. The topological polar surface area (TPSA) is 37.8 Å². The van der Waals surface area contributed by atoms with Gasteiger partial charge in [0, 0.05) is 25.9 Å². The van der Waals surface area contributed by atoms with Gasteiger partial charge in [-0.1, -0.05) is 17.7 Å². The number of anilines is 1. The summed E-state index contributed by atoms with van der Waals surface area (Å²) in [7, 11) is 0. The van der Waals surface area contributed by atoms with Crippen LogP contribution < -0.4 is 5.32 Å². The van der Waals surface area contributed by atoms with E-state index in [0.29, 0.717) is 6.54 Å². The standard InChI is InChI=1S/C15H11ClIN3S/c16-10-4-5-13(12(17)7-10)19-8-11-9-21-15(20-11)14-3-1-2-6-18-14/h1-7,9,19H,8H2. The Kier molecular flexibility index (Phi) is 4.72. The van der Waals surface area contributed by atoms with E-state index in [2.05, 4.69) is 43.3 Å². The van der Waals surface area contributed by atoms with Crippen LogP contribution in [0.5, 0.6) is 0 Å². The van der Waals surface area contributed by atoms with Gasteiger partial charge in [-0.2, -0.15) is 0 Å². The van der Waals surface area contributed by atoms with Crippen molar-refractivity contribution in [2.45, 2.75) is 6.54 Å². The zero-order chi connectivity index (χ0) is 14.7. The monoisotopic (exact) mass is 427 g/mol. The number of benzene rings is 1. The fourth-order valence-corrected chi connectivity index (χ4v) is 3.67. The molecule has 0 saturated heterocycles. The van der Waals surface area contributed by atoms with Gasteiger partial charge in [0.05, 0.1) is 17.9 Å². The van der Waals surface area contributed by atoms with Crippen LogP contribution in [-0.4, -0.2) is 9.97 Å². The zero-order valence-corrected chi connectivity index (χ0v) is 14.6. The molecule has 0 atom stereocenters. The molecule has 21 heavy (non-hydrogen) atoms. The van der Waals surface area contributed by atoms with E-state index < -0.39 is 0 Å². The number of nitrogens with one attached hydrogen (secondary N) is 1. The summed E-state index contributed by atoms with van der Waals surface area (Å²) in [4.78, 5) is 8.92. The van der Waals surface area contributed by atoms with Crippen molar-refractivity contribution in [2.24, 2.45) is 0 Å². The molecule has 2 aromatic heterocycles. The third-order valence-electron chi connectivity index (χ3n) is 2.83. The van der Waals surface area contributed by atoms with Crippen LogP contribution in [-0.2, 0) is 6.54 Å². The van der Waals surface area contributed by atoms with Crippen LogP contribution in [0.1, 0.15) is 5.69 Å². The first kappa shape index (κ1) is 14.7. The lowest BCUT2D eigenvalue weighted by Crippen LogP contribution is -2.01. The molecular formula is C15H11ClIN3S. The van der Waals surface area contributed by atoms with E-state index in [0.717, 1.165) is 30.7 Å². The first-order valence-corrected chi connectivity index (χ1v) is 8.61. The molecule has 0 unspecified atom stereocenters. The predicted molar refractivity (Wildman–Crippen MR) is 96.8 cm³/mol. The van der Waals surface area contributed by atoms with Crippen molar-refractivity contribution in [2.75, 3.05) is 5.32 Å². The Morgan fingerprint density at radius 1 is 1.24 bits per heavy atom. The summed E-state index contributed by atoms with van der Waals surface area (Å²) >= 11 is 9.83. The van der Waals surface area contributed by atoms with Gasteiger partial charge < -0.3 is 5.32 Å². The molecule has 0 amide bonds. The van der Waals surface area contributed by atoms with E-state index >= 15 is 0 Å². The Balaban J connectivity index is 1.70. The second-order valence-electron chi connectivity index (χ2n) is 4.34. The summed E-state index contributed by atoms with van der Waals surface area (Å²) in [5.74, 6) is 0. The minimum Gasteiger partial charge on any atom is -0.378 e. The zero-order valence-electron chi connectivity index (χ0n) is 10.9. The van der Waals surface area contributed by atoms with Gasteiger partial charge in [0.1, 0.15) is 5.01 Å². The number of hydrogen-bond donors (Lipinski definition) is 1. The number of pyridine rings is 1. The Morgan fingerprint density at radius 2 is 2.14 bits per heavy atom. The maximum absolute atomic E-state index is 5.96. The molecule has 1 aromatic carbocycles. The normalized spacial score (nSPS) is 10.6. The number of hydrogen-bond acceptors (Lipinski definition) is 4. The van der Waals surface area contributed by atoms with E-state index in [-0.39, 0.29) is 0 Å². The summed E-state index contributed by atoms with van der Waals surface area (Å²) < 4.78 is 1.10. The van der Waals surface area contributed by atoms with Crippen molar-refractivity contribution >= 4 is 51.2 Å². The maximum Gasteiger partial charge on any atom is 0.142 e. The van der Waals surface area contributed by atoms with E-state index in [1.165, 1.54) is 0 Å². The summed E-state index contributed by atoms with van der Waals surface area (Å²) in [5, 5.41) is 7.12. The second kappa shape index (κ2) is 6.72. The van der Waals surface area contributed by atoms with Crippen LogP contribution >= 0.6 is 45.5 Å². The molecule has 3 rings (SSSR count). The van der Waals surface area contributed by atoms with Crippen molar-refractivity contribution in [1.29, 1.82) is 0 Å². The van der Waals surface area contributed by atoms with E-state index in [1.807, 2.05) is 36.4 Å². The second-order valence-corrected chi connectivity index (χ2v) is 6.79. The first-order chi connectivity index (χ1) is 10.2. The fraction of sp³-hybridized carbons (Fsp3) is 0.0667. The number of thiazole rings is 1. The van der Waals surface area contributed by atoms with Crippen LogP contribution in [0, 0.1) is 3.57 Å². The minimum atomic E-state index is 0.682. The molecule has 0 fully saturated rings. The molecule has 0 bridgehead atoms. The molecule has 6 heteroatoms. The number of halogens is 2. The molecule has 0 aliphatic carbocycles. The van der Waals surface area contributed by atoms with E-state index in [1.54, 1.807) is 17.5 Å². The van der Waals surface area contributed by atoms with Gasteiger partial charge in [-0.25, -0.2) is 4.98 Å². The van der Waals surface area contributed by atoms with Gasteiger partial charge >= 0.3 is 0 Å². The summed E-state index contributed by atoms with van der Waals surface area (Å²) in [5.41, 5.74) is 2.98. The van der Waals surface area contributed by atoms with Gasteiger partial charge in [-0.15, -0.1) is 11.3 Å². The number of rotatable bonds is 4. The van der Waals surface area contributed by atoms with Crippen molar-refractivity contribution in [1.82, 2.24) is 9.97 Å². The lowest BCUT2D eigenvalue weighted by atomic mass is 10.3. The highest BCUT2D eigenvalue weighted by Crippen LogP contribution is 2.24. The largest absolute Gasteiger partial charge is 0.378 e. The third-order valence-corrected chi connectivity index (χ3v) is 4.87. The van der Waals surface area contributed by atoms with Gasteiger partial charge in [-0.05, 0) is 52.9 Å². The number of nitrogens with zero attached hydrogens (tertiary/aromatic N) is 2. The first-order valence-electron chi connectivity index (χ1n) is 6.27. The Bertz CT molecular complexity index is 746. The Hall–Kier alpha value is -1.18. The average molecular weight is 428 g/mol. The molecular weight excluding hydrogens is 417 g/mol. The van der Waals surface area contributed by atoms with Gasteiger partial charge in [0.2, 0.25) is 0 Å². The van der Waals surface area contributed by atoms with E-state index in [4.69, 9.17) is 11.6 Å². The van der Waals surface area contributed by atoms with Gasteiger partial charge in [-0.3, -0.25) is 4.98 Å². The summed E-state index contributed by atoms with van der Waals surface area (Å²) in [6, 6.07) is 11.6. The lowest BCUT2D eigenvalue weighted by Gasteiger charge is -2.07. The molecule has 0 aliphatic rings. The maximum atomic E-state index is 5.96. The SMILES string of the molecule is Clc1ccc(NCc2csc(-c3ccccn3)n2)c(I)c1. The van der Waals surface area contributed by atoms with Crippen molar-refractivity contribution in [3.05, 3.63) is 62.3 Å². The molecule has 0 aliphatic heterocycles. The summed E-state index contributed by atoms with van der Waals surface area (Å²) in [6.07, 6.45) is 1.78. The molecule has 3 nitrogen and oxygen atoms in total. The van der Waals surface area contributed by atoms with Gasteiger partial charge in [0.25, 0.3) is 0 Å². The van der Waals surface area contributed by atoms with Crippen LogP contribution in [0.2, 0.25) is 5.02 Å². The molecule has 1 N–H and O–H groups in total. The Morgan fingerprint density at radius 3 is 2.90 bits per heavy atom. The fourth-order valence-electron chi connectivity index (χ4n) is 1.81. The molecule has 0 radical (unpaired) electrons. The smallest absolute Gasteiger partial charge is 0.142 e. The lowest BCUT2D eigenvalue weighted by molar-refractivity contribution is 1.07. The number of aromatic nitrogens is 2. The van der Waals surface area contributed by atoms with E-state index in [9.17, 15) is 0 Å². The van der Waals surface area contributed by atoms with Crippen LogP contribution in [0.25, 0.3) is 10.7 Å². The van der Waals surface area contributed by atoms with Crippen LogP contribution in [0.3, 0.4) is 0 Å². The molecule has 0 spiro atoms. The van der Waals surface area contributed by atoms with Crippen LogP contribution in [0.15, 0.2) is 48.0 Å². The average Bonchev–Trinajstić information content (AvgIpc) is 2.96. The third kappa shape index (κ3) is 3.72. The highest BCUT2D eigenvalue weighted by molar-refractivity contribution is 14.1. The van der Waals surface area contributed by atoms with Crippen molar-refractivity contribution in [3.63, 3.8) is 0 Å². The summed E-state index contributed by atoms with van der Waals surface area (Å²) in [6.45, 7) is 0.682. The highest BCUT2D eigenvalue weighted by atomic mass is 127. The van der Waals surface area contributed by atoms with Gasteiger partial charge in [0.15, 0.2) is 0 Å². The molecule has 3 aromatic rings. The minimum absolute atomic E-state index is 0.682. The molecule has 106 valence electrons. The Labute approximate surface area is 145 Å². The van der Waals surface area contributed by atoms with Crippen molar-refractivity contribution < 1.29 is 0 Å². The van der Waals surface area contributed by atoms with Crippen LogP contribution in [0.4, 0.5) is 5.69 Å². The molecule has 2 heterocycles. The quantitative estimate of drug-likeness (QED) is 0.590. The highest BCUT2D eigenvalue weighted by Gasteiger charge is 2.06. The predicted octanol–water partition coefficient (Wildman–Crippen LogP) is 5.08.